The average Bonchev–Trinajstić information content (AvgIpc) is 3.30. The van der Waals surface area contributed by atoms with Gasteiger partial charge in [-0.05, 0) is 5.56 Å². The van der Waals surface area contributed by atoms with Gasteiger partial charge in [0.05, 0.1) is 12.1 Å². The smallest absolute Gasteiger partial charge is 0.232 e. The van der Waals surface area contributed by atoms with Gasteiger partial charge in [0.2, 0.25) is 11.0 Å². The van der Waals surface area contributed by atoms with Crippen LogP contribution < -0.4 is 5.32 Å². The van der Waals surface area contributed by atoms with Gasteiger partial charge in [-0.2, -0.15) is 0 Å². The maximum absolute atomic E-state index is 12.1. The number of carbonyl (C=O) groups is 1. The highest BCUT2D eigenvalue weighted by Crippen LogP contribution is 2.28. The molecule has 1 aromatic carbocycles. The van der Waals surface area contributed by atoms with Gasteiger partial charge >= 0.3 is 0 Å². The molecule has 0 bridgehead atoms. The van der Waals surface area contributed by atoms with Gasteiger partial charge < -0.3 is 5.32 Å². The SMILES string of the molecule is O=C(Cc1cn2ccsc2n1)Nc1nnc(SCc2ccccc2)s1. The zero-order valence-electron chi connectivity index (χ0n) is 13.0. The summed E-state index contributed by atoms with van der Waals surface area (Å²) in [6.45, 7) is 0. The molecule has 4 rings (SSSR count). The number of carbonyl (C=O) groups excluding carboxylic acids is 1. The van der Waals surface area contributed by atoms with Gasteiger partial charge in [0.1, 0.15) is 0 Å². The number of nitrogens with one attached hydrogen (secondary N) is 1. The molecule has 0 saturated carbocycles. The van der Waals surface area contributed by atoms with Crippen molar-refractivity contribution in [2.45, 2.75) is 16.5 Å². The number of thioether (sulfide) groups is 1. The second-order valence-corrected chi connectivity index (χ2v) is 8.27. The predicted octanol–water partition coefficient (Wildman–Crippen LogP) is 3.72. The normalized spacial score (nSPS) is 11.0. The van der Waals surface area contributed by atoms with Crippen LogP contribution in [0.5, 0.6) is 0 Å². The number of nitrogens with zero attached hydrogens (tertiary/aromatic N) is 4. The van der Waals surface area contributed by atoms with Gasteiger partial charge in [-0.3, -0.25) is 9.20 Å². The van der Waals surface area contributed by atoms with E-state index in [0.29, 0.717) is 5.13 Å². The van der Waals surface area contributed by atoms with Crippen LogP contribution in [0, 0.1) is 0 Å². The van der Waals surface area contributed by atoms with Crippen molar-refractivity contribution < 1.29 is 4.79 Å². The Balaban J connectivity index is 1.32. The number of imidazole rings is 1. The highest BCUT2D eigenvalue weighted by molar-refractivity contribution is 8.00. The maximum atomic E-state index is 12.1. The van der Waals surface area contributed by atoms with Crippen molar-refractivity contribution in [3.05, 3.63) is 59.4 Å². The molecule has 25 heavy (non-hydrogen) atoms. The molecule has 1 N–H and O–H groups in total. The second kappa shape index (κ2) is 7.34. The lowest BCUT2D eigenvalue weighted by Crippen LogP contribution is -2.14. The van der Waals surface area contributed by atoms with Crippen LogP contribution in [-0.4, -0.2) is 25.5 Å². The Kier molecular flexibility index (Phi) is 4.77. The molecule has 0 saturated heterocycles. The summed E-state index contributed by atoms with van der Waals surface area (Å²) in [6.07, 6.45) is 4.02. The molecule has 126 valence electrons. The molecular weight excluding hydrogens is 374 g/mol. The lowest BCUT2D eigenvalue weighted by Gasteiger charge is -1.98. The molecular formula is C16H13N5OS3. The summed E-state index contributed by atoms with van der Waals surface area (Å²) in [5.74, 6) is 0.691. The van der Waals surface area contributed by atoms with Crippen LogP contribution in [0.1, 0.15) is 11.3 Å². The minimum atomic E-state index is -0.137. The van der Waals surface area contributed by atoms with E-state index in [1.54, 1.807) is 23.1 Å². The van der Waals surface area contributed by atoms with E-state index < -0.39 is 0 Å². The fourth-order valence-electron chi connectivity index (χ4n) is 2.23. The van der Waals surface area contributed by atoms with Crippen LogP contribution in [0.4, 0.5) is 5.13 Å². The molecule has 0 aliphatic carbocycles. The van der Waals surface area contributed by atoms with E-state index in [-0.39, 0.29) is 12.3 Å². The molecule has 0 spiro atoms. The topological polar surface area (TPSA) is 72.2 Å². The first-order valence-corrected chi connectivity index (χ1v) is 10.2. The van der Waals surface area contributed by atoms with Crippen molar-refractivity contribution in [3.8, 4) is 0 Å². The van der Waals surface area contributed by atoms with Crippen molar-refractivity contribution in [1.29, 1.82) is 0 Å². The summed E-state index contributed by atoms with van der Waals surface area (Å²) in [7, 11) is 0. The van der Waals surface area contributed by atoms with Gasteiger partial charge in [0, 0.05) is 23.5 Å². The van der Waals surface area contributed by atoms with E-state index in [2.05, 4.69) is 32.6 Å². The first kappa shape index (κ1) is 16.2. The van der Waals surface area contributed by atoms with Crippen LogP contribution in [0.15, 0.2) is 52.4 Å². The standard InChI is InChI=1S/C16H13N5OS3/c22-13(8-12-9-21-6-7-23-15(21)17-12)18-14-19-20-16(25-14)24-10-11-4-2-1-3-5-11/h1-7,9H,8,10H2,(H,18,19,22). The summed E-state index contributed by atoms with van der Waals surface area (Å²) in [5, 5.41) is 13.4. The van der Waals surface area contributed by atoms with Crippen LogP contribution in [0.2, 0.25) is 0 Å². The lowest BCUT2D eigenvalue weighted by molar-refractivity contribution is -0.115. The van der Waals surface area contributed by atoms with Crippen LogP contribution in [-0.2, 0) is 17.0 Å². The van der Waals surface area contributed by atoms with Gasteiger partial charge in [0.15, 0.2) is 9.30 Å². The Hall–Kier alpha value is -2.23. The van der Waals surface area contributed by atoms with E-state index in [1.807, 2.05) is 40.4 Å². The van der Waals surface area contributed by atoms with Crippen molar-refractivity contribution in [2.24, 2.45) is 0 Å². The Labute approximate surface area is 156 Å². The number of amides is 1. The van der Waals surface area contributed by atoms with Gasteiger partial charge in [-0.1, -0.05) is 53.4 Å². The average molecular weight is 388 g/mol. The van der Waals surface area contributed by atoms with Gasteiger partial charge in [-0.15, -0.1) is 21.5 Å². The fraction of sp³-hybridized carbons (Fsp3) is 0.125. The Morgan fingerprint density at radius 1 is 1.24 bits per heavy atom. The highest BCUT2D eigenvalue weighted by atomic mass is 32.2. The van der Waals surface area contributed by atoms with E-state index in [0.717, 1.165) is 20.7 Å². The molecule has 0 radical (unpaired) electrons. The van der Waals surface area contributed by atoms with Crippen LogP contribution in [0.3, 0.4) is 0 Å². The van der Waals surface area contributed by atoms with Crippen molar-refractivity contribution >= 4 is 50.4 Å². The van der Waals surface area contributed by atoms with Crippen LogP contribution in [0.25, 0.3) is 4.96 Å². The van der Waals surface area contributed by atoms with Crippen molar-refractivity contribution in [1.82, 2.24) is 19.6 Å². The minimum Gasteiger partial charge on any atom is -0.300 e. The fourth-order valence-corrected chi connectivity index (χ4v) is 4.67. The molecule has 4 aromatic rings. The minimum absolute atomic E-state index is 0.137. The number of benzene rings is 1. The van der Waals surface area contributed by atoms with Crippen LogP contribution >= 0.6 is 34.4 Å². The zero-order valence-corrected chi connectivity index (χ0v) is 15.4. The highest BCUT2D eigenvalue weighted by Gasteiger charge is 2.12. The maximum Gasteiger partial charge on any atom is 0.232 e. The molecule has 9 heteroatoms. The zero-order chi connectivity index (χ0) is 17.1. The third-order valence-electron chi connectivity index (χ3n) is 3.34. The Bertz CT molecular complexity index is 963. The quantitative estimate of drug-likeness (QED) is 0.403. The summed E-state index contributed by atoms with van der Waals surface area (Å²) >= 11 is 4.54. The molecule has 1 amide bonds. The van der Waals surface area contributed by atoms with E-state index in [4.69, 9.17) is 0 Å². The van der Waals surface area contributed by atoms with Gasteiger partial charge in [0.25, 0.3) is 0 Å². The molecule has 0 atom stereocenters. The second-order valence-electron chi connectivity index (χ2n) is 5.20. The number of rotatable bonds is 6. The molecule has 0 fully saturated rings. The molecule has 0 unspecified atom stereocenters. The first-order chi connectivity index (χ1) is 12.3. The first-order valence-electron chi connectivity index (χ1n) is 7.47. The number of thiazole rings is 1. The van der Waals surface area contributed by atoms with E-state index in [9.17, 15) is 4.79 Å². The predicted molar refractivity (Wildman–Crippen MR) is 101 cm³/mol. The molecule has 6 nitrogen and oxygen atoms in total. The third-order valence-corrected chi connectivity index (χ3v) is 6.16. The number of fused-ring (bicyclic) bond motifs is 1. The van der Waals surface area contributed by atoms with E-state index in [1.165, 1.54) is 16.9 Å². The Morgan fingerprint density at radius 2 is 2.12 bits per heavy atom. The molecule has 3 heterocycles. The molecule has 0 aliphatic heterocycles. The van der Waals surface area contributed by atoms with E-state index >= 15 is 0 Å². The summed E-state index contributed by atoms with van der Waals surface area (Å²) in [5.41, 5.74) is 1.97. The summed E-state index contributed by atoms with van der Waals surface area (Å²) < 4.78 is 2.75. The molecule has 0 aliphatic rings. The number of anilines is 1. The number of aromatic nitrogens is 4. The summed E-state index contributed by atoms with van der Waals surface area (Å²) in [6, 6.07) is 10.2. The van der Waals surface area contributed by atoms with Crippen molar-refractivity contribution in [3.63, 3.8) is 0 Å². The lowest BCUT2D eigenvalue weighted by atomic mass is 10.2. The number of hydrogen-bond acceptors (Lipinski definition) is 7. The monoisotopic (exact) mass is 387 g/mol. The summed E-state index contributed by atoms with van der Waals surface area (Å²) in [4.78, 5) is 17.4. The van der Waals surface area contributed by atoms with Crippen molar-refractivity contribution in [2.75, 3.05) is 5.32 Å². The molecule has 3 aromatic heterocycles. The van der Waals surface area contributed by atoms with Gasteiger partial charge in [-0.25, -0.2) is 4.98 Å². The number of hydrogen-bond donors (Lipinski definition) is 1. The third kappa shape index (κ3) is 4.06. The largest absolute Gasteiger partial charge is 0.300 e. The Morgan fingerprint density at radius 3 is 2.96 bits per heavy atom.